The average molecular weight is 607 g/mol. The minimum Gasteiger partial charge on any atom is -0.545 e. The molecule has 0 aromatic carbocycles. The van der Waals surface area contributed by atoms with Gasteiger partial charge < -0.3 is 29.7 Å². The van der Waals surface area contributed by atoms with Gasteiger partial charge >= 0.3 is 25.8 Å². The molecule has 0 aliphatic heterocycles. The van der Waals surface area contributed by atoms with Crippen LogP contribution in [0.5, 0.6) is 0 Å². The van der Waals surface area contributed by atoms with Crippen LogP contribution >= 0.6 is 47.8 Å². The molecule has 0 aromatic rings. The molecule has 120 valence electrons. The van der Waals surface area contributed by atoms with Crippen molar-refractivity contribution in [1.82, 2.24) is 0 Å². The Hall–Kier alpha value is -0.0599. The van der Waals surface area contributed by atoms with Crippen LogP contribution in [0.1, 0.15) is 20.8 Å². The van der Waals surface area contributed by atoms with Crippen LogP contribution in [0.2, 0.25) is 0 Å². The third-order valence-electron chi connectivity index (χ3n) is 1.46. The van der Waals surface area contributed by atoms with Crippen molar-refractivity contribution in [3.05, 3.63) is 31.7 Å². The number of carboxylic acids is 3. The minimum absolute atomic E-state index is 0. The second-order valence-corrected chi connectivity index (χ2v) is 4.61. The average Bonchev–Trinajstić information content (AvgIpc) is 2.45. The summed E-state index contributed by atoms with van der Waals surface area (Å²) >= 11 is 8.50. The Morgan fingerprint density at radius 2 is 0.773 bits per heavy atom. The Bertz CT molecular complexity index is 391. The van der Waals surface area contributed by atoms with E-state index < -0.39 is 17.9 Å². The van der Waals surface area contributed by atoms with Crippen molar-refractivity contribution < 1.29 is 29.7 Å². The van der Waals surface area contributed by atoms with E-state index in [1.54, 1.807) is 0 Å². The molecule has 0 N–H and O–H groups in total. The van der Waals surface area contributed by atoms with Gasteiger partial charge in [0.05, 0.1) is 17.9 Å². The molecule has 0 spiro atoms. The van der Waals surface area contributed by atoms with E-state index >= 15 is 0 Å². The summed E-state index contributed by atoms with van der Waals surface area (Å²) in [5.41, 5.74) is 0.583. The molecule has 10 heteroatoms. The first kappa shape index (κ1) is 29.9. The molecule has 0 aliphatic rings. The van der Waals surface area contributed by atoms with Gasteiger partial charge in [-0.3, -0.25) is 0 Å². The molecule has 0 atom stereocenters. The minimum atomic E-state index is -1.14. The monoisotopic (exact) mass is 604 g/mol. The quantitative estimate of drug-likeness (QED) is 0.408. The second-order valence-electron chi connectivity index (χ2n) is 3.24. The predicted molar refractivity (Wildman–Crippen MR) is 88.8 cm³/mol. The third-order valence-corrected chi connectivity index (χ3v) is 3.52. The fraction of sp³-hybridized carbons (Fsp3) is 0.250. The van der Waals surface area contributed by atoms with E-state index in [1.807, 2.05) is 0 Å². The Labute approximate surface area is 172 Å². The number of hydrogen-bond acceptors (Lipinski definition) is 6. The largest absolute Gasteiger partial charge is 3.00 e. The van der Waals surface area contributed by atoms with Gasteiger partial charge in [0.2, 0.25) is 0 Å². The summed E-state index contributed by atoms with van der Waals surface area (Å²) in [6, 6.07) is 0. The molecule has 0 heterocycles. The van der Waals surface area contributed by atoms with E-state index in [0.717, 1.165) is 0 Å². The first-order chi connectivity index (χ1) is 9.54. The summed E-state index contributed by atoms with van der Waals surface area (Å²) in [7, 11) is 0. The van der Waals surface area contributed by atoms with Crippen LogP contribution in [0.4, 0.5) is 0 Å². The van der Waals surface area contributed by atoms with E-state index in [-0.39, 0.29) is 42.6 Å². The van der Waals surface area contributed by atoms with Crippen LogP contribution in [0.15, 0.2) is 31.7 Å². The number of carbonyl (C=O) groups excluding carboxylic acids is 3. The summed E-state index contributed by atoms with van der Waals surface area (Å²) in [4.78, 5) is 33.1. The molecule has 0 fully saturated rings. The van der Waals surface area contributed by atoms with Crippen molar-refractivity contribution in [1.29, 1.82) is 0 Å². The molecule has 0 radical (unpaired) electrons. The zero-order valence-corrected chi connectivity index (χ0v) is 19.9. The van der Waals surface area contributed by atoms with Crippen LogP contribution in [-0.2, 0) is 14.4 Å². The zero-order chi connectivity index (χ0) is 17.6. The molecule has 0 unspecified atom stereocenters. The van der Waals surface area contributed by atoms with E-state index in [9.17, 15) is 29.7 Å². The molecule has 6 nitrogen and oxygen atoms in total. The SMILES string of the molecule is C/C(=C\Br)C(=O)[O-].C/C(=C\Br)C(=O)[O-].C/C(=C\Br)C(=O)[O-].[In+3]. The van der Waals surface area contributed by atoms with Crippen molar-refractivity contribution in [2.75, 3.05) is 0 Å². The van der Waals surface area contributed by atoms with Crippen LogP contribution < -0.4 is 15.3 Å². The summed E-state index contributed by atoms with van der Waals surface area (Å²) in [5, 5.41) is 29.2. The van der Waals surface area contributed by atoms with Crippen LogP contribution in [0, 0.1) is 0 Å². The summed E-state index contributed by atoms with van der Waals surface area (Å²) in [6.07, 6.45) is 0. The molecule has 0 saturated carbocycles. The zero-order valence-electron chi connectivity index (χ0n) is 11.9. The maximum Gasteiger partial charge on any atom is 3.00 e. The van der Waals surface area contributed by atoms with Crippen molar-refractivity contribution in [2.45, 2.75) is 20.8 Å². The molecule has 0 amide bonds. The van der Waals surface area contributed by atoms with E-state index in [1.165, 1.54) is 35.7 Å². The smallest absolute Gasteiger partial charge is 0.545 e. The second kappa shape index (κ2) is 19.0. The van der Waals surface area contributed by atoms with E-state index in [0.29, 0.717) is 0 Å². The molecule has 0 saturated heterocycles. The number of carboxylic acid groups (broad SMARTS) is 3. The predicted octanol–water partition coefficient (Wildman–Crippen LogP) is -0.276. The maximum atomic E-state index is 9.72. The Morgan fingerprint density at radius 3 is 0.773 bits per heavy atom. The number of halogens is 3. The summed E-state index contributed by atoms with van der Waals surface area (Å²) in [6.45, 7) is 4.35. The van der Waals surface area contributed by atoms with Crippen molar-refractivity contribution in [3.8, 4) is 0 Å². The Balaban J connectivity index is -0.000000108. The number of hydrogen-bond donors (Lipinski definition) is 0. The van der Waals surface area contributed by atoms with Crippen molar-refractivity contribution >= 4 is 91.5 Å². The normalized spacial score (nSPS) is 10.9. The van der Waals surface area contributed by atoms with Gasteiger partial charge in [-0.2, -0.15) is 0 Å². The fourth-order valence-electron chi connectivity index (χ4n) is 0.134. The summed E-state index contributed by atoms with van der Waals surface area (Å²) < 4.78 is 0. The summed E-state index contributed by atoms with van der Waals surface area (Å²) in [5.74, 6) is -3.43. The maximum absolute atomic E-state index is 9.72. The van der Waals surface area contributed by atoms with Gasteiger partial charge in [-0.15, -0.1) is 0 Å². The van der Waals surface area contributed by atoms with E-state index in [2.05, 4.69) is 47.8 Å². The van der Waals surface area contributed by atoms with E-state index in [4.69, 9.17) is 0 Å². The topological polar surface area (TPSA) is 120 Å². The van der Waals surface area contributed by atoms with Gasteiger partial charge in [0.25, 0.3) is 0 Å². The van der Waals surface area contributed by atoms with Gasteiger partial charge in [-0.1, -0.05) is 47.8 Å². The van der Waals surface area contributed by atoms with Crippen LogP contribution in [0.3, 0.4) is 0 Å². The molecule has 0 aliphatic carbocycles. The third kappa shape index (κ3) is 22.2. The number of carbonyl (C=O) groups is 3. The fourth-order valence-corrected chi connectivity index (χ4v) is 0.694. The molecular weight excluding hydrogens is 595 g/mol. The van der Waals surface area contributed by atoms with Gasteiger partial charge in [0.1, 0.15) is 0 Å². The molecule has 22 heavy (non-hydrogen) atoms. The van der Waals surface area contributed by atoms with Gasteiger partial charge in [-0.25, -0.2) is 0 Å². The van der Waals surface area contributed by atoms with Gasteiger partial charge in [0.15, 0.2) is 0 Å². The number of rotatable bonds is 3. The van der Waals surface area contributed by atoms with Gasteiger partial charge in [0, 0.05) is 0 Å². The Morgan fingerprint density at radius 1 is 0.636 bits per heavy atom. The van der Waals surface area contributed by atoms with Crippen LogP contribution in [-0.4, -0.2) is 43.8 Å². The molecule has 0 rings (SSSR count). The first-order valence-corrected chi connectivity index (χ1v) is 7.74. The number of aliphatic carboxylic acids is 3. The van der Waals surface area contributed by atoms with Crippen molar-refractivity contribution in [2.24, 2.45) is 0 Å². The molecule has 0 bridgehead atoms. The van der Waals surface area contributed by atoms with Gasteiger partial charge in [-0.05, 0) is 52.4 Å². The Kier molecular flexibility index (Phi) is 25.8. The molecule has 0 aromatic heterocycles. The molecular formula is C12H12Br3InO6. The standard InChI is InChI=1S/3C4H5BrO2.In/c3*1-3(2-5)4(6)7;/h3*2H,1H3,(H,6,7);/q;;;+3/p-3/b3*3-2+;. The van der Waals surface area contributed by atoms with Crippen molar-refractivity contribution in [3.63, 3.8) is 0 Å². The first-order valence-electron chi connectivity index (χ1n) is 5.00. The van der Waals surface area contributed by atoms with Crippen LogP contribution in [0.25, 0.3) is 0 Å².